The Bertz CT molecular complexity index is 470. The van der Waals surface area contributed by atoms with Gasteiger partial charge in [0.05, 0.1) is 0 Å². The minimum atomic E-state index is -0.830. The van der Waals surface area contributed by atoms with E-state index in [1.54, 1.807) is 18.2 Å². The average Bonchev–Trinajstić information content (AvgIpc) is 2.41. The summed E-state index contributed by atoms with van der Waals surface area (Å²) in [6, 6.07) is 7.20. The number of halogens is 1. The molecule has 0 aliphatic carbocycles. The zero-order chi connectivity index (χ0) is 13.7. The van der Waals surface area contributed by atoms with E-state index in [-0.39, 0.29) is 0 Å². The topological polar surface area (TPSA) is 49.8 Å². The van der Waals surface area contributed by atoms with Gasteiger partial charge in [0.15, 0.2) is 0 Å². The van der Waals surface area contributed by atoms with Crippen molar-refractivity contribution in [1.29, 1.82) is 0 Å². The molecular weight excluding hydrogens is 266 g/mol. The molecule has 0 unspecified atom stereocenters. The highest BCUT2D eigenvalue weighted by Crippen LogP contribution is 2.15. The van der Waals surface area contributed by atoms with Crippen LogP contribution in [0.2, 0.25) is 5.02 Å². The molecule has 1 aliphatic rings. The van der Waals surface area contributed by atoms with Gasteiger partial charge in [-0.3, -0.25) is 4.90 Å². The number of benzene rings is 1. The Hall–Kier alpha value is -1.52. The van der Waals surface area contributed by atoms with E-state index in [2.05, 4.69) is 4.90 Å². The van der Waals surface area contributed by atoms with E-state index < -0.39 is 5.97 Å². The van der Waals surface area contributed by atoms with Gasteiger partial charge in [0, 0.05) is 30.2 Å². The highest BCUT2D eigenvalue weighted by atomic mass is 35.5. The molecule has 1 N–H and O–H groups in total. The van der Waals surface area contributed by atoms with Crippen molar-refractivity contribution in [2.24, 2.45) is 0 Å². The van der Waals surface area contributed by atoms with Crippen molar-refractivity contribution in [2.75, 3.05) is 26.2 Å². The number of carboxylic acids is 1. The van der Waals surface area contributed by atoms with E-state index >= 15 is 0 Å². The Balaban J connectivity index is 1.76. The molecule has 1 aromatic carbocycles. The van der Waals surface area contributed by atoms with E-state index in [1.165, 1.54) is 0 Å². The van der Waals surface area contributed by atoms with E-state index in [0.29, 0.717) is 30.3 Å². The molecule has 0 atom stereocenters. The molecule has 4 nitrogen and oxygen atoms in total. The van der Waals surface area contributed by atoms with Crippen LogP contribution in [0.15, 0.2) is 35.9 Å². The summed E-state index contributed by atoms with van der Waals surface area (Å²) in [5, 5.41) is 9.63. The van der Waals surface area contributed by atoms with Gasteiger partial charge in [0.1, 0.15) is 12.4 Å². The number of carbonyl (C=O) groups is 1. The van der Waals surface area contributed by atoms with Crippen LogP contribution in [0.5, 0.6) is 5.75 Å². The van der Waals surface area contributed by atoms with Crippen molar-refractivity contribution in [3.63, 3.8) is 0 Å². The number of nitrogens with zero attached hydrogens (tertiary/aromatic N) is 1. The van der Waals surface area contributed by atoms with Crippen LogP contribution < -0.4 is 4.74 Å². The number of hydrogen-bond donors (Lipinski definition) is 1. The van der Waals surface area contributed by atoms with Gasteiger partial charge in [-0.15, -0.1) is 0 Å². The third-order valence-corrected chi connectivity index (χ3v) is 3.25. The van der Waals surface area contributed by atoms with Gasteiger partial charge in [0.2, 0.25) is 0 Å². The van der Waals surface area contributed by atoms with Crippen LogP contribution in [-0.4, -0.2) is 42.2 Å². The highest BCUT2D eigenvalue weighted by molar-refractivity contribution is 6.30. The lowest BCUT2D eigenvalue weighted by Gasteiger charge is -2.25. The largest absolute Gasteiger partial charge is 0.492 e. The summed E-state index contributed by atoms with van der Waals surface area (Å²) in [5.74, 6) is -0.0567. The smallest absolute Gasteiger partial charge is 0.332 e. The maximum Gasteiger partial charge on any atom is 0.332 e. The third-order valence-electron chi connectivity index (χ3n) is 2.99. The lowest BCUT2D eigenvalue weighted by molar-refractivity contribution is -0.133. The predicted octanol–water partition coefficient (Wildman–Crippen LogP) is 2.44. The van der Waals surface area contributed by atoms with Gasteiger partial charge in [-0.1, -0.05) is 17.7 Å². The number of rotatable bonds is 5. The Labute approximate surface area is 117 Å². The molecule has 19 heavy (non-hydrogen) atoms. The summed E-state index contributed by atoms with van der Waals surface area (Å²) in [6.07, 6.45) is 2.57. The van der Waals surface area contributed by atoms with Crippen molar-refractivity contribution >= 4 is 17.6 Å². The van der Waals surface area contributed by atoms with Crippen LogP contribution in [0, 0.1) is 0 Å². The van der Waals surface area contributed by atoms with Crippen molar-refractivity contribution in [3.05, 3.63) is 40.9 Å². The summed E-state index contributed by atoms with van der Waals surface area (Å²) in [5.41, 5.74) is 0.470. The third kappa shape index (κ3) is 4.26. The monoisotopic (exact) mass is 281 g/mol. The highest BCUT2D eigenvalue weighted by Gasteiger charge is 2.16. The molecule has 1 heterocycles. The molecule has 1 aromatic rings. The summed E-state index contributed by atoms with van der Waals surface area (Å²) >= 11 is 5.79. The van der Waals surface area contributed by atoms with Crippen molar-refractivity contribution in [1.82, 2.24) is 4.90 Å². The van der Waals surface area contributed by atoms with Gasteiger partial charge in [0.25, 0.3) is 0 Å². The van der Waals surface area contributed by atoms with Crippen LogP contribution in [0.25, 0.3) is 0 Å². The fourth-order valence-electron chi connectivity index (χ4n) is 1.98. The Kier molecular flexibility index (Phi) is 4.82. The molecular formula is C14H16ClNO3. The number of hydrogen-bond acceptors (Lipinski definition) is 3. The molecule has 0 saturated heterocycles. The first-order valence-corrected chi connectivity index (χ1v) is 6.56. The Morgan fingerprint density at radius 2 is 2.11 bits per heavy atom. The van der Waals surface area contributed by atoms with Crippen LogP contribution in [0.3, 0.4) is 0 Å². The molecule has 0 spiro atoms. The number of ether oxygens (including phenoxy) is 1. The van der Waals surface area contributed by atoms with Crippen LogP contribution in [-0.2, 0) is 4.79 Å². The van der Waals surface area contributed by atoms with Crippen molar-refractivity contribution in [2.45, 2.75) is 6.42 Å². The van der Waals surface area contributed by atoms with Crippen LogP contribution in [0.1, 0.15) is 6.42 Å². The predicted molar refractivity (Wildman–Crippen MR) is 73.7 cm³/mol. The maximum atomic E-state index is 10.9. The minimum Gasteiger partial charge on any atom is -0.492 e. The molecule has 102 valence electrons. The summed E-state index contributed by atoms with van der Waals surface area (Å²) in [7, 11) is 0. The second kappa shape index (κ2) is 6.59. The fraction of sp³-hybridized carbons (Fsp3) is 0.357. The molecule has 0 amide bonds. The Morgan fingerprint density at radius 3 is 2.79 bits per heavy atom. The second-order valence-electron chi connectivity index (χ2n) is 4.40. The lowest BCUT2D eigenvalue weighted by Crippen LogP contribution is -2.35. The first-order chi connectivity index (χ1) is 9.15. The van der Waals surface area contributed by atoms with Gasteiger partial charge in [-0.25, -0.2) is 4.79 Å². The summed E-state index contributed by atoms with van der Waals surface area (Å²) in [6.45, 7) is 2.61. The summed E-state index contributed by atoms with van der Waals surface area (Å²) < 4.78 is 5.59. The van der Waals surface area contributed by atoms with Gasteiger partial charge >= 0.3 is 5.97 Å². The van der Waals surface area contributed by atoms with Crippen molar-refractivity contribution < 1.29 is 14.6 Å². The molecule has 0 radical (unpaired) electrons. The quantitative estimate of drug-likeness (QED) is 0.901. The number of carboxylic acid groups (broad SMARTS) is 1. The lowest BCUT2D eigenvalue weighted by atomic mass is 10.1. The van der Waals surface area contributed by atoms with E-state index in [1.807, 2.05) is 12.1 Å². The molecule has 1 aliphatic heterocycles. The second-order valence-corrected chi connectivity index (χ2v) is 4.84. The van der Waals surface area contributed by atoms with E-state index in [0.717, 1.165) is 18.7 Å². The maximum absolute atomic E-state index is 10.9. The van der Waals surface area contributed by atoms with Gasteiger partial charge in [-0.2, -0.15) is 0 Å². The van der Waals surface area contributed by atoms with E-state index in [9.17, 15) is 4.79 Å². The minimum absolute atomic E-state index is 0.470. The van der Waals surface area contributed by atoms with E-state index in [4.69, 9.17) is 21.4 Å². The van der Waals surface area contributed by atoms with Gasteiger partial charge in [-0.05, 0) is 30.7 Å². The Morgan fingerprint density at radius 1 is 1.37 bits per heavy atom. The van der Waals surface area contributed by atoms with Crippen molar-refractivity contribution in [3.8, 4) is 5.75 Å². The fourth-order valence-corrected chi connectivity index (χ4v) is 2.10. The normalized spacial score (nSPS) is 15.9. The molecule has 0 fully saturated rings. The average molecular weight is 282 g/mol. The molecule has 2 rings (SSSR count). The SMILES string of the molecule is O=C(O)C1=CCCN(CCOc2ccc(Cl)cc2)C1. The molecule has 0 saturated carbocycles. The first kappa shape index (κ1) is 13.9. The summed E-state index contributed by atoms with van der Waals surface area (Å²) in [4.78, 5) is 13.0. The first-order valence-electron chi connectivity index (χ1n) is 6.18. The molecule has 0 bridgehead atoms. The van der Waals surface area contributed by atoms with Gasteiger partial charge < -0.3 is 9.84 Å². The number of aliphatic carboxylic acids is 1. The molecule has 5 heteroatoms. The van der Waals surface area contributed by atoms with Crippen LogP contribution in [0.4, 0.5) is 0 Å². The molecule has 0 aromatic heterocycles. The standard InChI is InChI=1S/C14H16ClNO3/c15-12-3-5-13(6-4-12)19-9-8-16-7-1-2-11(10-16)14(17)18/h2-6H,1,7-10H2,(H,17,18). The van der Waals surface area contributed by atoms with Crippen LogP contribution >= 0.6 is 11.6 Å². The zero-order valence-corrected chi connectivity index (χ0v) is 11.3. The zero-order valence-electron chi connectivity index (χ0n) is 10.5.